The van der Waals surface area contributed by atoms with Crippen LogP contribution in [0.4, 0.5) is 0 Å². The third-order valence-corrected chi connectivity index (χ3v) is 7.92. The maximum absolute atomic E-state index is 13.1. The molecule has 0 radical (unpaired) electrons. The Hall–Kier alpha value is -4.17. The first-order valence-corrected chi connectivity index (χ1v) is 14.0. The van der Waals surface area contributed by atoms with Gasteiger partial charge in [0.15, 0.2) is 9.84 Å². The molecule has 4 rings (SSSR count). The van der Waals surface area contributed by atoms with E-state index in [1.54, 1.807) is 24.4 Å². The fraction of sp³-hybridized carbons (Fsp3) is 0.200. The average molecular weight is 532 g/mol. The van der Waals surface area contributed by atoms with Gasteiger partial charge in [-0.05, 0) is 53.8 Å². The predicted octanol–water partition coefficient (Wildman–Crippen LogP) is 4.82. The van der Waals surface area contributed by atoms with Crippen LogP contribution in [0.1, 0.15) is 41.0 Å². The summed E-state index contributed by atoms with van der Waals surface area (Å²) in [6.07, 6.45) is 2.03. The van der Waals surface area contributed by atoms with Crippen molar-refractivity contribution in [3.63, 3.8) is 0 Å². The molecule has 0 unspecified atom stereocenters. The summed E-state index contributed by atoms with van der Waals surface area (Å²) in [5.41, 5.74) is 3.06. The Labute approximate surface area is 221 Å². The predicted molar refractivity (Wildman–Crippen MR) is 145 cm³/mol. The minimum atomic E-state index is -3.71. The lowest BCUT2D eigenvalue weighted by atomic mass is 9.85. The monoisotopic (exact) mass is 531 g/mol. The zero-order valence-corrected chi connectivity index (χ0v) is 21.6. The zero-order chi connectivity index (χ0) is 27.0. The van der Waals surface area contributed by atoms with Crippen LogP contribution in [0.15, 0.2) is 107 Å². The number of carboxylic acid groups (broad SMARTS) is 1. The number of carboxylic acids is 1. The van der Waals surface area contributed by atoms with Crippen molar-refractivity contribution in [2.75, 3.05) is 12.4 Å². The highest BCUT2D eigenvalue weighted by Gasteiger charge is 2.20. The lowest BCUT2D eigenvalue weighted by molar-refractivity contribution is -0.137. The molecule has 0 saturated carbocycles. The fourth-order valence-corrected chi connectivity index (χ4v) is 5.61. The van der Waals surface area contributed by atoms with Crippen molar-refractivity contribution in [3.8, 4) is 5.75 Å². The molecule has 0 atom stereocenters. The number of benzene rings is 3. The Kier molecular flexibility index (Phi) is 8.76. The van der Waals surface area contributed by atoms with Crippen molar-refractivity contribution in [2.45, 2.75) is 30.1 Å². The van der Waals surface area contributed by atoms with Crippen molar-refractivity contribution in [1.82, 2.24) is 4.98 Å². The van der Waals surface area contributed by atoms with E-state index in [-0.39, 0.29) is 41.6 Å². The number of hydrogen-bond acceptors (Lipinski definition) is 5. The first-order chi connectivity index (χ1) is 18.3. The number of aryl methyl sites for hydroxylation is 1. The topological polar surface area (TPSA) is 114 Å². The van der Waals surface area contributed by atoms with Crippen LogP contribution < -0.4 is 10.3 Å². The Morgan fingerprint density at radius 2 is 1.53 bits per heavy atom. The normalized spacial score (nSPS) is 11.4. The molecule has 7 nitrogen and oxygen atoms in total. The van der Waals surface area contributed by atoms with Crippen LogP contribution in [0.5, 0.6) is 5.75 Å². The number of sulfone groups is 1. The lowest BCUT2D eigenvalue weighted by Crippen LogP contribution is -2.18. The Bertz CT molecular complexity index is 1490. The number of carbonyl (C=O) groups is 1. The number of ether oxygens (including phenoxy) is 1. The number of pyridine rings is 1. The summed E-state index contributed by atoms with van der Waals surface area (Å²) < 4.78 is 31.7. The van der Waals surface area contributed by atoms with Crippen molar-refractivity contribution >= 4 is 15.8 Å². The van der Waals surface area contributed by atoms with Gasteiger partial charge < -0.3 is 14.8 Å². The van der Waals surface area contributed by atoms with E-state index < -0.39 is 15.8 Å². The molecule has 4 aromatic rings. The summed E-state index contributed by atoms with van der Waals surface area (Å²) in [7, 11) is -3.71. The number of aliphatic carboxylic acids is 1. The Morgan fingerprint density at radius 1 is 0.868 bits per heavy atom. The summed E-state index contributed by atoms with van der Waals surface area (Å²) in [6.45, 7) is 0.169. The van der Waals surface area contributed by atoms with Crippen molar-refractivity contribution in [1.29, 1.82) is 0 Å². The van der Waals surface area contributed by atoms with Crippen LogP contribution in [0.2, 0.25) is 0 Å². The van der Waals surface area contributed by atoms with Crippen LogP contribution >= 0.6 is 0 Å². The van der Waals surface area contributed by atoms with Crippen molar-refractivity contribution < 1.29 is 23.1 Å². The van der Waals surface area contributed by atoms with E-state index in [0.29, 0.717) is 17.7 Å². The van der Waals surface area contributed by atoms with Crippen molar-refractivity contribution in [2.24, 2.45) is 0 Å². The van der Waals surface area contributed by atoms with Gasteiger partial charge in [-0.3, -0.25) is 9.59 Å². The molecule has 38 heavy (non-hydrogen) atoms. The molecule has 0 aliphatic rings. The van der Waals surface area contributed by atoms with Crippen LogP contribution in [0.25, 0.3) is 0 Å². The van der Waals surface area contributed by atoms with Crippen LogP contribution in [-0.4, -0.2) is 36.8 Å². The summed E-state index contributed by atoms with van der Waals surface area (Å²) >= 11 is 0. The number of aromatic amines is 1. The zero-order valence-electron chi connectivity index (χ0n) is 20.7. The molecular weight excluding hydrogens is 502 g/mol. The fourth-order valence-electron chi connectivity index (χ4n) is 4.30. The van der Waals surface area contributed by atoms with Gasteiger partial charge in [-0.1, -0.05) is 66.7 Å². The first kappa shape index (κ1) is 26.9. The minimum absolute atomic E-state index is 0.0268. The Morgan fingerprint density at radius 3 is 2.16 bits per heavy atom. The number of H-pyrrole nitrogens is 1. The van der Waals surface area contributed by atoms with Crippen LogP contribution in [0, 0.1) is 0 Å². The number of nitrogens with one attached hydrogen (secondary N) is 1. The van der Waals surface area contributed by atoms with Gasteiger partial charge in [0.25, 0.3) is 5.56 Å². The Balaban J connectivity index is 1.54. The van der Waals surface area contributed by atoms with E-state index >= 15 is 0 Å². The van der Waals surface area contributed by atoms with E-state index in [1.807, 2.05) is 60.7 Å². The second-order valence-electron chi connectivity index (χ2n) is 8.93. The molecule has 196 valence electrons. The third-order valence-electron chi connectivity index (χ3n) is 6.21. The third kappa shape index (κ3) is 6.98. The number of hydrogen-bond donors (Lipinski definition) is 2. The standard InChI is InChI=1S/C30H29NO6S/c32-28(33)15-8-17-37-26-13-7-14-27(20-26)38(35,36)18-16-24-19-25(21-31-30(24)34)29(22-9-3-1-4-10-22)23-11-5-2-6-12-23/h1-7,9-14,19-21,29H,8,15-18H2,(H,31,34)(H,32,33). The highest BCUT2D eigenvalue weighted by molar-refractivity contribution is 7.91. The van der Waals surface area contributed by atoms with Gasteiger partial charge in [0.05, 0.1) is 17.3 Å². The molecule has 3 aromatic carbocycles. The summed E-state index contributed by atoms with van der Waals surface area (Å²) in [5, 5.41) is 8.74. The van der Waals surface area contributed by atoms with Crippen molar-refractivity contribution in [3.05, 3.63) is 130 Å². The van der Waals surface area contributed by atoms with Gasteiger partial charge >= 0.3 is 5.97 Å². The van der Waals surface area contributed by atoms with Gasteiger partial charge in [0.2, 0.25) is 0 Å². The van der Waals surface area contributed by atoms with Crippen LogP contribution in [-0.2, 0) is 21.1 Å². The minimum Gasteiger partial charge on any atom is -0.494 e. The second-order valence-corrected chi connectivity index (χ2v) is 11.0. The molecule has 0 aliphatic heterocycles. The molecule has 2 N–H and O–H groups in total. The summed E-state index contributed by atoms with van der Waals surface area (Å²) in [6, 6.07) is 27.8. The second kappa shape index (κ2) is 12.4. The molecule has 8 heteroatoms. The van der Waals surface area contributed by atoms with Gasteiger partial charge in [-0.2, -0.15) is 0 Å². The molecular formula is C30H29NO6S. The summed E-state index contributed by atoms with van der Waals surface area (Å²) in [4.78, 5) is 26.2. The van der Waals surface area contributed by atoms with Gasteiger partial charge in [-0.25, -0.2) is 8.42 Å². The SMILES string of the molecule is O=C(O)CCCOc1cccc(S(=O)(=O)CCc2cc(C(c3ccccc3)c3ccccc3)c[nH]c2=O)c1. The van der Waals surface area contributed by atoms with E-state index in [1.165, 1.54) is 12.1 Å². The largest absolute Gasteiger partial charge is 0.494 e. The molecule has 1 aromatic heterocycles. The molecule has 0 aliphatic carbocycles. The molecule has 0 saturated heterocycles. The average Bonchev–Trinajstić information content (AvgIpc) is 2.93. The molecule has 0 fully saturated rings. The maximum atomic E-state index is 13.1. The quantitative estimate of drug-likeness (QED) is 0.254. The first-order valence-electron chi connectivity index (χ1n) is 12.3. The number of rotatable bonds is 12. The highest BCUT2D eigenvalue weighted by atomic mass is 32.2. The molecule has 0 amide bonds. The number of aromatic nitrogens is 1. The molecule has 0 spiro atoms. The van der Waals surface area contributed by atoms with E-state index in [0.717, 1.165) is 16.7 Å². The van der Waals surface area contributed by atoms with E-state index in [4.69, 9.17) is 9.84 Å². The van der Waals surface area contributed by atoms with Crippen LogP contribution in [0.3, 0.4) is 0 Å². The smallest absolute Gasteiger partial charge is 0.303 e. The highest BCUT2D eigenvalue weighted by Crippen LogP contribution is 2.31. The van der Waals surface area contributed by atoms with Gasteiger partial charge in [-0.15, -0.1) is 0 Å². The maximum Gasteiger partial charge on any atom is 0.303 e. The van der Waals surface area contributed by atoms with E-state index in [9.17, 15) is 18.0 Å². The van der Waals surface area contributed by atoms with Gasteiger partial charge in [0, 0.05) is 24.1 Å². The summed E-state index contributed by atoms with van der Waals surface area (Å²) in [5.74, 6) is -0.934. The van der Waals surface area contributed by atoms with E-state index in [2.05, 4.69) is 4.98 Å². The van der Waals surface area contributed by atoms with Gasteiger partial charge in [0.1, 0.15) is 5.75 Å². The molecule has 1 heterocycles. The lowest BCUT2D eigenvalue weighted by Gasteiger charge is -2.19. The molecule has 0 bridgehead atoms.